The Balaban J connectivity index is 2.23. The lowest BCUT2D eigenvalue weighted by Crippen LogP contribution is -2.32. The Bertz CT molecular complexity index is 181. The number of rotatable bonds is 3. The minimum Gasteiger partial charge on any atom is -0.447 e. The summed E-state index contributed by atoms with van der Waals surface area (Å²) in [6, 6.07) is 0. The molecule has 0 aromatic heterocycles. The normalized spacial score (nSPS) is 23.8. The molecule has 1 aliphatic carbocycles. The topological polar surface area (TPSA) is 9.23 Å². The van der Waals surface area contributed by atoms with Crippen LogP contribution in [0.25, 0.3) is 0 Å². The Kier molecular flexibility index (Phi) is 3.51. The van der Waals surface area contributed by atoms with E-state index in [2.05, 4.69) is 13.8 Å². The fourth-order valence-corrected chi connectivity index (χ4v) is 1.78. The standard InChI is InChI=1S/C9H17BF3O/c1-9(2)5-3-8(4-6-9)14-7-10(11,12)13/h8H,3-7H2,1-2H3/q-1. The zero-order valence-corrected chi connectivity index (χ0v) is 8.73. The average Bonchev–Trinajstić information content (AvgIpc) is 2.01. The van der Waals surface area contributed by atoms with Gasteiger partial charge in [0.2, 0.25) is 0 Å². The Morgan fingerprint density at radius 3 is 2.14 bits per heavy atom. The predicted octanol–water partition coefficient (Wildman–Crippen LogP) is 3.36. The lowest BCUT2D eigenvalue weighted by Gasteiger charge is -2.35. The van der Waals surface area contributed by atoms with Gasteiger partial charge in [0.25, 0.3) is 0 Å². The molecule has 1 nitrogen and oxygen atoms in total. The summed E-state index contributed by atoms with van der Waals surface area (Å²) < 4.78 is 40.5. The molecule has 14 heavy (non-hydrogen) atoms. The second kappa shape index (κ2) is 4.13. The molecule has 0 aromatic rings. The van der Waals surface area contributed by atoms with Crippen LogP contribution in [0.2, 0.25) is 0 Å². The Hall–Kier alpha value is -0.185. The van der Waals surface area contributed by atoms with Gasteiger partial charge in [0.15, 0.2) is 0 Å². The number of ether oxygens (including phenoxy) is 1. The molecule has 0 spiro atoms. The van der Waals surface area contributed by atoms with Crippen LogP contribution in [0.5, 0.6) is 0 Å². The first-order valence-electron chi connectivity index (χ1n) is 5.11. The van der Waals surface area contributed by atoms with Crippen LogP contribution in [-0.2, 0) is 4.74 Å². The van der Waals surface area contributed by atoms with Crippen LogP contribution in [0.3, 0.4) is 0 Å². The third-order valence-electron chi connectivity index (χ3n) is 2.81. The highest BCUT2D eigenvalue weighted by Crippen LogP contribution is 2.36. The van der Waals surface area contributed by atoms with Gasteiger partial charge in [-0.2, -0.15) is 0 Å². The largest absolute Gasteiger partial charge is 0.503 e. The van der Waals surface area contributed by atoms with Gasteiger partial charge in [0, 0.05) is 6.51 Å². The lowest BCUT2D eigenvalue weighted by molar-refractivity contribution is 0.0163. The van der Waals surface area contributed by atoms with Gasteiger partial charge in [0.05, 0.1) is 6.10 Å². The third-order valence-corrected chi connectivity index (χ3v) is 2.81. The fraction of sp³-hybridized carbons (Fsp3) is 1.00. The van der Waals surface area contributed by atoms with E-state index >= 15 is 0 Å². The molecular weight excluding hydrogens is 192 g/mol. The van der Waals surface area contributed by atoms with Crippen molar-refractivity contribution >= 4 is 6.98 Å². The van der Waals surface area contributed by atoms with Gasteiger partial charge in [-0.1, -0.05) is 13.8 Å². The minimum absolute atomic E-state index is 0.175. The molecule has 0 aliphatic heterocycles. The van der Waals surface area contributed by atoms with Gasteiger partial charge >= 0.3 is 6.98 Å². The van der Waals surface area contributed by atoms with Crippen LogP contribution < -0.4 is 0 Å². The second-order valence-corrected chi connectivity index (χ2v) is 4.91. The molecule has 5 heteroatoms. The van der Waals surface area contributed by atoms with Crippen LogP contribution in [0, 0.1) is 5.41 Å². The summed E-state index contributed by atoms with van der Waals surface area (Å²) in [6.07, 6.45) is 3.27. The van der Waals surface area contributed by atoms with E-state index in [1.807, 2.05) is 0 Å². The molecule has 84 valence electrons. The van der Waals surface area contributed by atoms with Crippen molar-refractivity contribution in [2.75, 3.05) is 6.51 Å². The predicted molar refractivity (Wildman–Crippen MR) is 51.1 cm³/mol. The number of hydrogen-bond donors (Lipinski definition) is 0. The summed E-state index contributed by atoms with van der Waals surface area (Å²) in [7, 11) is 0. The van der Waals surface area contributed by atoms with E-state index in [-0.39, 0.29) is 11.5 Å². The van der Waals surface area contributed by atoms with Gasteiger partial charge in [0.1, 0.15) is 0 Å². The molecule has 1 fully saturated rings. The van der Waals surface area contributed by atoms with Crippen molar-refractivity contribution in [3.63, 3.8) is 0 Å². The summed E-state index contributed by atoms with van der Waals surface area (Å²) in [5, 5.41) is 0. The zero-order chi connectivity index (χ0) is 10.8. The van der Waals surface area contributed by atoms with Crippen LogP contribution in [0.4, 0.5) is 12.9 Å². The molecule has 1 aliphatic rings. The van der Waals surface area contributed by atoms with Crippen molar-refractivity contribution in [3.8, 4) is 0 Å². The molecule has 0 amide bonds. The molecule has 0 heterocycles. The smallest absolute Gasteiger partial charge is 0.447 e. The maximum absolute atomic E-state index is 11.9. The van der Waals surface area contributed by atoms with E-state index in [9.17, 15) is 12.9 Å². The van der Waals surface area contributed by atoms with Crippen LogP contribution in [0.15, 0.2) is 0 Å². The van der Waals surface area contributed by atoms with Crippen molar-refractivity contribution in [2.45, 2.75) is 45.6 Å². The average molecular weight is 209 g/mol. The van der Waals surface area contributed by atoms with Crippen molar-refractivity contribution in [3.05, 3.63) is 0 Å². The van der Waals surface area contributed by atoms with Gasteiger partial charge in [-0.3, -0.25) is 0 Å². The van der Waals surface area contributed by atoms with E-state index in [4.69, 9.17) is 4.74 Å². The molecule has 0 bridgehead atoms. The minimum atomic E-state index is -4.78. The van der Waals surface area contributed by atoms with E-state index in [0.29, 0.717) is 0 Å². The molecule has 0 saturated heterocycles. The molecule has 0 atom stereocenters. The van der Waals surface area contributed by atoms with Gasteiger partial charge in [-0.05, 0) is 31.1 Å². The van der Waals surface area contributed by atoms with Crippen molar-refractivity contribution in [1.29, 1.82) is 0 Å². The van der Waals surface area contributed by atoms with Crippen molar-refractivity contribution in [1.82, 2.24) is 0 Å². The van der Waals surface area contributed by atoms with E-state index in [1.54, 1.807) is 0 Å². The second-order valence-electron chi connectivity index (χ2n) is 4.91. The van der Waals surface area contributed by atoms with Crippen LogP contribution in [-0.4, -0.2) is 19.6 Å². The summed E-state index contributed by atoms with van der Waals surface area (Å²) >= 11 is 0. The fourth-order valence-electron chi connectivity index (χ4n) is 1.78. The molecule has 0 radical (unpaired) electrons. The first-order valence-corrected chi connectivity index (χ1v) is 5.11. The first kappa shape index (κ1) is 11.9. The maximum atomic E-state index is 11.9. The lowest BCUT2D eigenvalue weighted by atomic mass is 9.76. The Morgan fingerprint density at radius 2 is 1.71 bits per heavy atom. The maximum Gasteiger partial charge on any atom is 0.503 e. The number of halogens is 3. The highest BCUT2D eigenvalue weighted by molar-refractivity contribution is 6.58. The quantitative estimate of drug-likeness (QED) is 0.647. The van der Waals surface area contributed by atoms with Crippen molar-refractivity contribution < 1.29 is 17.7 Å². The highest BCUT2D eigenvalue weighted by atomic mass is 19.4. The van der Waals surface area contributed by atoms with E-state index in [0.717, 1.165) is 25.7 Å². The first-order chi connectivity index (χ1) is 6.29. The summed E-state index contributed by atoms with van der Waals surface area (Å²) in [4.78, 5) is 0. The summed E-state index contributed by atoms with van der Waals surface area (Å²) in [5.74, 6) is 0. The molecule has 0 N–H and O–H groups in total. The van der Waals surface area contributed by atoms with Crippen molar-refractivity contribution in [2.24, 2.45) is 5.41 Å². The highest BCUT2D eigenvalue weighted by Gasteiger charge is 2.30. The van der Waals surface area contributed by atoms with Gasteiger partial charge in [-0.25, -0.2) is 0 Å². The SMILES string of the molecule is CC1(C)CCC(OC[B-](F)(F)F)CC1. The summed E-state index contributed by atoms with van der Waals surface area (Å²) in [6.45, 7) is -1.51. The van der Waals surface area contributed by atoms with E-state index < -0.39 is 13.5 Å². The van der Waals surface area contributed by atoms with E-state index in [1.165, 1.54) is 0 Å². The molecule has 1 rings (SSSR count). The Labute approximate surface area is 83.1 Å². The molecular formula is C9H17BF3O-. The molecule has 0 aromatic carbocycles. The van der Waals surface area contributed by atoms with Gasteiger partial charge < -0.3 is 17.7 Å². The monoisotopic (exact) mass is 209 g/mol. The van der Waals surface area contributed by atoms with Crippen LogP contribution >= 0.6 is 0 Å². The Morgan fingerprint density at radius 1 is 1.21 bits per heavy atom. The summed E-state index contributed by atoms with van der Waals surface area (Å²) in [5.41, 5.74) is 0.281. The number of hydrogen-bond acceptors (Lipinski definition) is 1. The molecule has 1 saturated carbocycles. The molecule has 0 unspecified atom stereocenters. The third kappa shape index (κ3) is 4.35. The van der Waals surface area contributed by atoms with Crippen LogP contribution in [0.1, 0.15) is 39.5 Å². The zero-order valence-electron chi connectivity index (χ0n) is 8.73. The van der Waals surface area contributed by atoms with Gasteiger partial charge in [-0.15, -0.1) is 0 Å².